The van der Waals surface area contributed by atoms with Crippen LogP contribution in [0.15, 0.2) is 121 Å². The van der Waals surface area contributed by atoms with Crippen molar-refractivity contribution in [3.8, 4) is 17.6 Å². The number of aromatic nitrogens is 2. The Kier molecular flexibility index (Phi) is 13.2. The van der Waals surface area contributed by atoms with E-state index < -0.39 is 0 Å². The quantitative estimate of drug-likeness (QED) is 0.146. The average molecular weight is 628 g/mol. The molecule has 0 bridgehead atoms. The molecule has 0 saturated carbocycles. The number of thiol groups is 1. The monoisotopic (exact) mass is 627 g/mol. The summed E-state index contributed by atoms with van der Waals surface area (Å²) in [5.41, 5.74) is 5.21. The first-order valence-electron chi connectivity index (χ1n) is 12.1. The first kappa shape index (κ1) is 31.1. The fourth-order valence-electron chi connectivity index (χ4n) is 3.46. The number of benzene rings is 4. The molecule has 0 unspecified atom stereocenters. The largest absolute Gasteiger partial charge is 0.486 e. The van der Waals surface area contributed by atoms with Gasteiger partial charge in [-0.3, -0.25) is 0 Å². The molecule has 0 saturated heterocycles. The van der Waals surface area contributed by atoms with E-state index in [2.05, 4.69) is 50.7 Å². The Morgan fingerprint density at radius 2 is 1.32 bits per heavy atom. The van der Waals surface area contributed by atoms with Crippen LogP contribution in [0.2, 0.25) is 0 Å². The number of nitriles is 1. The molecule has 1 radical (unpaired) electrons. The number of rotatable bonds is 6. The van der Waals surface area contributed by atoms with Crippen LogP contribution in [0.25, 0.3) is 22.2 Å². The van der Waals surface area contributed by atoms with Gasteiger partial charge in [0.05, 0.1) is 10.5 Å². The predicted molar refractivity (Wildman–Crippen MR) is 166 cm³/mol. The van der Waals surface area contributed by atoms with Crippen molar-refractivity contribution >= 4 is 58.6 Å². The van der Waals surface area contributed by atoms with Gasteiger partial charge in [-0.05, 0) is 51.3 Å². The van der Waals surface area contributed by atoms with Gasteiger partial charge in [0.2, 0.25) is 0 Å². The van der Waals surface area contributed by atoms with E-state index in [9.17, 15) is 0 Å². The number of hydrogen-bond acceptors (Lipinski definition) is 9. The van der Waals surface area contributed by atoms with E-state index >= 15 is 0 Å². The topological polar surface area (TPSA) is 107 Å². The average Bonchev–Trinajstić information content (AvgIpc) is 3.69. The second-order valence-corrected chi connectivity index (χ2v) is 9.00. The third-order valence-electron chi connectivity index (χ3n) is 5.20. The normalized spacial score (nSPS) is 9.59. The molecule has 11 heteroatoms. The van der Waals surface area contributed by atoms with Gasteiger partial charge in [0.15, 0.2) is 35.0 Å². The Balaban J connectivity index is 0.000000190. The summed E-state index contributed by atoms with van der Waals surface area (Å²) in [6.45, 7) is 2.48. The van der Waals surface area contributed by atoms with E-state index in [1.165, 1.54) is 19.7 Å². The molecule has 8 nitrogen and oxygen atoms in total. The molecular formula is C30H25BBrN4O4S. The maximum absolute atomic E-state index is 7.32. The van der Waals surface area contributed by atoms with Crippen LogP contribution in [0.3, 0.4) is 0 Å². The molecule has 0 atom stereocenters. The Hall–Kier alpha value is -4.40. The zero-order valence-electron chi connectivity index (χ0n) is 22.1. The standard InChI is InChI=1S/C14H10BrNO2.C14H11NO2.C2H3N.BHNS/c15-11-6-7-12(13-14(11)18-9-16-13)17-8-10-4-2-1-3-5-10;1-2-5-11(6-3-1)9-16-12-7-4-8-13-14(12)15-10-17-13;2*1-2-3/h1-7,9H,8H2;1-8,10H,9H2;1H3;3H. The summed E-state index contributed by atoms with van der Waals surface area (Å²) in [5.74, 6) is 1.48. The molecule has 6 rings (SSSR count). The van der Waals surface area contributed by atoms with Crippen LogP contribution in [0.1, 0.15) is 18.1 Å². The summed E-state index contributed by atoms with van der Waals surface area (Å²) in [6, 6.07) is 31.3. The first-order chi connectivity index (χ1) is 20.1. The van der Waals surface area contributed by atoms with E-state index in [-0.39, 0.29) is 0 Å². The van der Waals surface area contributed by atoms with Crippen LogP contribution >= 0.6 is 28.7 Å². The number of oxazole rings is 2. The molecule has 6 aromatic rings. The van der Waals surface area contributed by atoms with Crippen molar-refractivity contribution in [1.29, 1.82) is 5.26 Å². The van der Waals surface area contributed by atoms with Gasteiger partial charge < -0.3 is 18.3 Å². The van der Waals surface area contributed by atoms with Crippen LogP contribution in [0.5, 0.6) is 11.5 Å². The van der Waals surface area contributed by atoms with Gasteiger partial charge in [-0.25, -0.2) is 9.97 Å². The summed E-state index contributed by atoms with van der Waals surface area (Å²) >= 11 is 6.61. The maximum Gasteiger partial charge on any atom is 0.182 e. The van der Waals surface area contributed by atoms with Crippen LogP contribution < -0.4 is 9.47 Å². The van der Waals surface area contributed by atoms with E-state index in [0.717, 1.165) is 43.7 Å². The van der Waals surface area contributed by atoms with Crippen molar-refractivity contribution in [3.63, 3.8) is 0 Å². The molecule has 4 aromatic carbocycles. The number of ether oxygens (including phenoxy) is 2. The van der Waals surface area contributed by atoms with Crippen LogP contribution in [-0.2, 0) is 13.2 Å². The Morgan fingerprint density at radius 3 is 1.90 bits per heavy atom. The van der Waals surface area contributed by atoms with Gasteiger partial charge in [0.1, 0.15) is 24.7 Å². The molecule has 2 aromatic heterocycles. The fourth-order valence-corrected chi connectivity index (χ4v) is 3.87. The molecule has 41 heavy (non-hydrogen) atoms. The summed E-state index contributed by atoms with van der Waals surface area (Å²) in [7, 11) is 4.34. The third-order valence-corrected chi connectivity index (χ3v) is 5.82. The number of hydrogen-bond donors (Lipinski definition) is 1. The Morgan fingerprint density at radius 1 is 0.805 bits per heavy atom. The number of para-hydroxylation sites is 1. The molecule has 0 spiro atoms. The first-order valence-corrected chi connectivity index (χ1v) is 13.3. The summed E-state index contributed by atoms with van der Waals surface area (Å²) < 4.78 is 25.6. The molecule has 0 aliphatic carbocycles. The third kappa shape index (κ3) is 9.63. The number of fused-ring (bicyclic) bond motifs is 2. The molecular weight excluding hydrogens is 603 g/mol. The minimum absolute atomic E-state index is 0.518. The van der Waals surface area contributed by atoms with Gasteiger partial charge in [-0.2, -0.15) is 5.26 Å². The van der Waals surface area contributed by atoms with E-state index in [1.54, 1.807) is 6.07 Å². The molecule has 2 heterocycles. The van der Waals surface area contributed by atoms with Crippen molar-refractivity contribution in [3.05, 3.63) is 119 Å². The Labute approximate surface area is 252 Å². The van der Waals surface area contributed by atoms with Crippen molar-refractivity contribution in [2.75, 3.05) is 0 Å². The van der Waals surface area contributed by atoms with Gasteiger partial charge in [0.25, 0.3) is 0 Å². The van der Waals surface area contributed by atoms with Gasteiger partial charge in [-0.15, -0.1) is 0 Å². The zero-order valence-corrected chi connectivity index (χ0v) is 24.5. The number of halogens is 1. The molecule has 205 valence electrons. The predicted octanol–water partition coefficient (Wildman–Crippen LogP) is 8.29. The second kappa shape index (κ2) is 17.3. The Bertz CT molecular complexity index is 1670. The van der Waals surface area contributed by atoms with Crippen molar-refractivity contribution < 1.29 is 18.3 Å². The minimum atomic E-state index is 0.518. The molecule has 0 aliphatic rings. The SMILES string of the molecule is Brc1ccc(OCc2ccccc2)c2ncoc12.CC#N.[B]=NS.c1ccc(COc2cccc3ocnc23)cc1. The molecule has 0 fully saturated rings. The van der Waals surface area contributed by atoms with Crippen molar-refractivity contribution in [2.45, 2.75) is 20.1 Å². The minimum Gasteiger partial charge on any atom is -0.486 e. The summed E-state index contributed by atoms with van der Waals surface area (Å²) in [6.07, 6.45) is 2.85. The van der Waals surface area contributed by atoms with Crippen molar-refractivity contribution in [1.82, 2.24) is 9.97 Å². The molecule has 0 amide bonds. The summed E-state index contributed by atoms with van der Waals surface area (Å²) in [4.78, 5) is 8.31. The van der Waals surface area contributed by atoms with Gasteiger partial charge in [0, 0.05) is 6.92 Å². The van der Waals surface area contributed by atoms with Crippen LogP contribution in [-0.4, -0.2) is 17.6 Å². The van der Waals surface area contributed by atoms with Gasteiger partial charge in [-0.1, -0.05) is 66.7 Å². The fraction of sp³-hybridized carbons (Fsp3) is 0.100. The molecule has 0 aliphatic heterocycles. The smallest absolute Gasteiger partial charge is 0.182 e. The van der Waals surface area contributed by atoms with Crippen LogP contribution in [0, 0.1) is 11.3 Å². The van der Waals surface area contributed by atoms with Crippen molar-refractivity contribution in [2.24, 2.45) is 4.30 Å². The van der Waals surface area contributed by atoms with E-state index in [0.29, 0.717) is 18.8 Å². The van der Waals surface area contributed by atoms with Crippen LogP contribution in [0.4, 0.5) is 0 Å². The molecule has 0 N–H and O–H groups in total. The number of nitrogens with zero attached hydrogens (tertiary/aromatic N) is 4. The van der Waals surface area contributed by atoms with Gasteiger partial charge >= 0.3 is 24.8 Å². The summed E-state index contributed by atoms with van der Waals surface area (Å²) in [5, 5.41) is 7.32. The second-order valence-electron chi connectivity index (χ2n) is 7.92. The van der Waals surface area contributed by atoms with E-state index in [1.807, 2.05) is 91.0 Å². The van der Waals surface area contributed by atoms with E-state index in [4.69, 9.17) is 23.6 Å². The zero-order chi connectivity index (χ0) is 29.3. The maximum atomic E-state index is 7.32.